The maximum absolute atomic E-state index is 13.0. The molecule has 1 unspecified atom stereocenters. The van der Waals surface area contributed by atoms with Crippen molar-refractivity contribution in [3.05, 3.63) is 102 Å². The number of anilines is 1. The van der Waals surface area contributed by atoms with Gasteiger partial charge in [0.25, 0.3) is 5.91 Å². The van der Waals surface area contributed by atoms with Crippen LogP contribution in [0, 0.1) is 0 Å². The van der Waals surface area contributed by atoms with Crippen LogP contribution in [0.25, 0.3) is 10.9 Å². The number of urea groups is 1. The average molecular weight is 439 g/mol. The topological polar surface area (TPSA) is 86.0 Å². The van der Waals surface area contributed by atoms with E-state index in [-0.39, 0.29) is 23.9 Å². The number of aromatic amines is 1. The SMILES string of the molecule is O=C(Nc1cccc(C(=O)NCC(c2ccccc2)c2c[nH]c3ccccc23)c1)NC1CC1. The molecule has 1 atom stereocenters. The fourth-order valence-corrected chi connectivity index (χ4v) is 4.09. The molecule has 1 aliphatic rings. The Morgan fingerprint density at radius 1 is 0.939 bits per heavy atom. The van der Waals surface area contributed by atoms with Crippen molar-refractivity contribution in [3.63, 3.8) is 0 Å². The number of amides is 3. The number of carbonyl (C=O) groups is 2. The molecule has 1 aromatic heterocycles. The molecular weight excluding hydrogens is 412 g/mol. The standard InChI is InChI=1S/C27H26N4O2/c32-26(19-9-6-10-21(15-19)31-27(33)30-20-13-14-20)29-16-23(18-7-2-1-3-8-18)24-17-28-25-12-5-4-11-22(24)25/h1-12,15,17,20,23,28H,13-14,16H2,(H,29,32)(H2,30,31,33). The highest BCUT2D eigenvalue weighted by atomic mass is 16.2. The molecule has 0 spiro atoms. The van der Waals surface area contributed by atoms with E-state index in [0.717, 1.165) is 34.9 Å². The second-order valence-electron chi connectivity index (χ2n) is 8.42. The third-order valence-electron chi connectivity index (χ3n) is 5.96. The molecule has 1 fully saturated rings. The molecule has 0 bridgehead atoms. The number of benzene rings is 3. The molecule has 0 aliphatic heterocycles. The van der Waals surface area contributed by atoms with Crippen molar-refractivity contribution >= 4 is 28.5 Å². The number of H-pyrrole nitrogens is 1. The molecule has 1 saturated carbocycles. The van der Waals surface area contributed by atoms with Gasteiger partial charge in [0.1, 0.15) is 0 Å². The summed E-state index contributed by atoms with van der Waals surface area (Å²) in [6.07, 6.45) is 4.07. The molecule has 3 aromatic carbocycles. The first-order valence-corrected chi connectivity index (χ1v) is 11.2. The third kappa shape index (κ3) is 4.90. The number of hydrogen-bond donors (Lipinski definition) is 4. The van der Waals surface area contributed by atoms with Gasteiger partial charge in [0.05, 0.1) is 0 Å². The molecule has 0 radical (unpaired) electrons. The molecule has 4 aromatic rings. The van der Waals surface area contributed by atoms with Gasteiger partial charge in [0.2, 0.25) is 0 Å². The van der Waals surface area contributed by atoms with Crippen molar-refractivity contribution in [2.75, 3.05) is 11.9 Å². The van der Waals surface area contributed by atoms with E-state index < -0.39 is 0 Å². The maximum atomic E-state index is 13.0. The van der Waals surface area contributed by atoms with Crippen molar-refractivity contribution < 1.29 is 9.59 Å². The van der Waals surface area contributed by atoms with E-state index in [4.69, 9.17) is 0 Å². The Hall–Kier alpha value is -4.06. The molecule has 3 amide bonds. The minimum atomic E-state index is -0.237. The summed E-state index contributed by atoms with van der Waals surface area (Å²) in [5, 5.41) is 9.93. The quantitative estimate of drug-likeness (QED) is 0.327. The van der Waals surface area contributed by atoms with Gasteiger partial charge < -0.3 is 20.9 Å². The molecule has 33 heavy (non-hydrogen) atoms. The highest BCUT2D eigenvalue weighted by Gasteiger charge is 2.23. The van der Waals surface area contributed by atoms with Gasteiger partial charge in [-0.1, -0.05) is 54.6 Å². The summed E-state index contributed by atoms with van der Waals surface area (Å²) in [6, 6.07) is 25.4. The van der Waals surface area contributed by atoms with Crippen LogP contribution in [0.5, 0.6) is 0 Å². The van der Waals surface area contributed by atoms with Gasteiger partial charge in [-0.3, -0.25) is 4.79 Å². The van der Waals surface area contributed by atoms with Gasteiger partial charge in [-0.2, -0.15) is 0 Å². The zero-order valence-corrected chi connectivity index (χ0v) is 18.2. The number of fused-ring (bicyclic) bond motifs is 1. The summed E-state index contributed by atoms with van der Waals surface area (Å²) in [6.45, 7) is 0.449. The molecular formula is C27H26N4O2. The normalized spacial score (nSPS) is 13.9. The molecule has 0 saturated heterocycles. The predicted octanol–water partition coefficient (Wildman–Crippen LogP) is 5.01. The predicted molar refractivity (Wildman–Crippen MR) is 131 cm³/mol. The van der Waals surface area contributed by atoms with E-state index in [1.54, 1.807) is 24.3 Å². The second-order valence-corrected chi connectivity index (χ2v) is 8.42. The number of aromatic nitrogens is 1. The van der Waals surface area contributed by atoms with Crippen LogP contribution in [-0.4, -0.2) is 29.5 Å². The minimum absolute atomic E-state index is 0.00285. The van der Waals surface area contributed by atoms with Crippen molar-refractivity contribution in [3.8, 4) is 0 Å². The summed E-state index contributed by atoms with van der Waals surface area (Å²) in [5.74, 6) is -0.182. The van der Waals surface area contributed by atoms with E-state index in [2.05, 4.69) is 45.2 Å². The fraction of sp³-hybridized carbons (Fsp3) is 0.185. The minimum Gasteiger partial charge on any atom is -0.361 e. The lowest BCUT2D eigenvalue weighted by Gasteiger charge is -2.18. The van der Waals surface area contributed by atoms with Crippen molar-refractivity contribution in [1.29, 1.82) is 0 Å². The Kier molecular flexibility index (Phi) is 5.81. The van der Waals surface area contributed by atoms with Crippen LogP contribution in [0.15, 0.2) is 85.1 Å². The Balaban J connectivity index is 1.33. The number of nitrogens with one attached hydrogen (secondary N) is 4. The van der Waals surface area contributed by atoms with Crippen molar-refractivity contribution in [1.82, 2.24) is 15.6 Å². The Morgan fingerprint density at radius 2 is 1.73 bits per heavy atom. The highest BCUT2D eigenvalue weighted by molar-refractivity contribution is 5.97. The summed E-state index contributed by atoms with van der Waals surface area (Å²) in [4.78, 5) is 28.4. The highest BCUT2D eigenvalue weighted by Crippen LogP contribution is 2.30. The largest absolute Gasteiger partial charge is 0.361 e. The maximum Gasteiger partial charge on any atom is 0.319 e. The van der Waals surface area contributed by atoms with Gasteiger partial charge >= 0.3 is 6.03 Å². The lowest BCUT2D eigenvalue weighted by molar-refractivity contribution is 0.0952. The van der Waals surface area contributed by atoms with Crippen LogP contribution in [0.1, 0.15) is 40.2 Å². The summed E-state index contributed by atoms with van der Waals surface area (Å²) < 4.78 is 0. The van der Waals surface area contributed by atoms with E-state index in [1.807, 2.05) is 36.5 Å². The zero-order chi connectivity index (χ0) is 22.6. The van der Waals surface area contributed by atoms with Crippen LogP contribution in [-0.2, 0) is 0 Å². The molecule has 6 heteroatoms. The number of rotatable bonds is 7. The van der Waals surface area contributed by atoms with Crippen molar-refractivity contribution in [2.24, 2.45) is 0 Å². The Morgan fingerprint density at radius 3 is 2.55 bits per heavy atom. The average Bonchev–Trinajstić information content (AvgIpc) is 3.56. The fourth-order valence-electron chi connectivity index (χ4n) is 4.09. The first-order chi connectivity index (χ1) is 16.2. The Bertz CT molecular complexity index is 1280. The van der Waals surface area contributed by atoms with Crippen LogP contribution in [0.3, 0.4) is 0 Å². The monoisotopic (exact) mass is 438 g/mol. The first kappa shape index (κ1) is 20.8. The van der Waals surface area contributed by atoms with Crippen LogP contribution in [0.4, 0.5) is 10.5 Å². The smallest absolute Gasteiger partial charge is 0.319 e. The lowest BCUT2D eigenvalue weighted by Crippen LogP contribution is -2.31. The molecule has 1 aliphatic carbocycles. The summed E-state index contributed by atoms with van der Waals surface area (Å²) in [5.41, 5.74) is 4.45. The molecule has 1 heterocycles. The Labute approximate surface area is 192 Å². The van der Waals surface area contributed by atoms with Crippen LogP contribution in [0.2, 0.25) is 0 Å². The van der Waals surface area contributed by atoms with E-state index in [9.17, 15) is 9.59 Å². The van der Waals surface area contributed by atoms with Gasteiger partial charge in [-0.25, -0.2) is 4.79 Å². The lowest BCUT2D eigenvalue weighted by atomic mass is 9.91. The van der Waals surface area contributed by atoms with Crippen LogP contribution < -0.4 is 16.0 Å². The van der Waals surface area contributed by atoms with Gasteiger partial charge in [0.15, 0.2) is 0 Å². The molecule has 4 N–H and O–H groups in total. The van der Waals surface area contributed by atoms with Crippen molar-refractivity contribution in [2.45, 2.75) is 24.8 Å². The van der Waals surface area contributed by atoms with E-state index >= 15 is 0 Å². The number of carbonyl (C=O) groups excluding carboxylic acids is 2. The first-order valence-electron chi connectivity index (χ1n) is 11.2. The zero-order valence-electron chi connectivity index (χ0n) is 18.2. The van der Waals surface area contributed by atoms with Crippen LogP contribution >= 0.6 is 0 Å². The van der Waals surface area contributed by atoms with E-state index in [1.165, 1.54) is 0 Å². The van der Waals surface area contributed by atoms with Gasteiger partial charge in [-0.05, 0) is 48.2 Å². The summed E-state index contributed by atoms with van der Waals surface area (Å²) >= 11 is 0. The molecule has 5 rings (SSSR count). The molecule has 6 nitrogen and oxygen atoms in total. The number of para-hydroxylation sites is 1. The molecule has 166 valence electrons. The van der Waals surface area contributed by atoms with E-state index in [0.29, 0.717) is 17.8 Å². The third-order valence-corrected chi connectivity index (χ3v) is 5.96. The number of hydrogen-bond acceptors (Lipinski definition) is 2. The van der Waals surface area contributed by atoms with Gasteiger partial charge in [0, 0.05) is 46.9 Å². The summed E-state index contributed by atoms with van der Waals surface area (Å²) in [7, 11) is 0. The second kappa shape index (κ2) is 9.20. The van der Waals surface area contributed by atoms with Gasteiger partial charge in [-0.15, -0.1) is 0 Å².